The van der Waals surface area contributed by atoms with Crippen molar-refractivity contribution in [1.82, 2.24) is 15.1 Å². The fraction of sp³-hybridized carbons (Fsp3) is 0.778. The van der Waals surface area contributed by atoms with Crippen LogP contribution in [0, 0.1) is 0 Å². The summed E-state index contributed by atoms with van der Waals surface area (Å²) < 4.78 is 0. The highest BCUT2D eigenvalue weighted by atomic mass is 32.2. The van der Waals surface area contributed by atoms with Crippen molar-refractivity contribution in [1.29, 1.82) is 0 Å². The molecule has 0 radical (unpaired) electrons. The maximum Gasteiger partial charge on any atom is 0.219 e. The Kier molecular flexibility index (Phi) is 6.04. The van der Waals surface area contributed by atoms with Gasteiger partial charge in [-0.3, -0.25) is 10.3 Å². The molecule has 0 saturated carbocycles. The number of nitrogens with two attached hydrogens (primary N) is 1. The number of hydrogen-bond donors (Lipinski definition) is 2. The Hall–Kier alpha value is -0.370. The Balaban J connectivity index is 2.51. The Bertz CT molecular complexity index is 304. The van der Waals surface area contributed by atoms with E-state index in [9.17, 15) is 0 Å². The van der Waals surface area contributed by atoms with Crippen LogP contribution in [0.1, 0.15) is 18.4 Å². The topological polar surface area (TPSA) is 67.1 Å². The third-order valence-corrected chi connectivity index (χ3v) is 3.99. The highest BCUT2D eigenvalue weighted by molar-refractivity contribution is 7.98. The number of anilines is 1. The van der Waals surface area contributed by atoms with Crippen molar-refractivity contribution < 1.29 is 0 Å². The van der Waals surface area contributed by atoms with Crippen LogP contribution in [0.5, 0.6) is 0 Å². The Morgan fingerprint density at radius 3 is 2.81 bits per heavy atom. The number of thioether (sulfide) groups is 1. The molecule has 0 aliphatic heterocycles. The standard InChI is InChI=1S/C9H19N5S2/c1-4-7(6-15-3)14(2)5-8-12-13-9(11-10)16-8/h7H,4-6,10H2,1-3H3,(H,11,13). The molecular formula is C9H19N5S2. The molecule has 0 aliphatic carbocycles. The van der Waals surface area contributed by atoms with Gasteiger partial charge >= 0.3 is 0 Å². The van der Waals surface area contributed by atoms with Crippen molar-refractivity contribution in [3.63, 3.8) is 0 Å². The van der Waals surface area contributed by atoms with Crippen molar-refractivity contribution >= 4 is 28.2 Å². The summed E-state index contributed by atoms with van der Waals surface area (Å²) in [6.07, 6.45) is 3.29. The first-order chi connectivity index (χ1) is 7.71. The molecule has 3 N–H and O–H groups in total. The van der Waals surface area contributed by atoms with Crippen LogP contribution in [0.15, 0.2) is 0 Å². The smallest absolute Gasteiger partial charge is 0.219 e. The van der Waals surface area contributed by atoms with Crippen LogP contribution in [0.25, 0.3) is 0 Å². The highest BCUT2D eigenvalue weighted by Crippen LogP contribution is 2.17. The average molecular weight is 261 g/mol. The second kappa shape index (κ2) is 7.05. The predicted octanol–water partition coefficient (Wildman–Crippen LogP) is 1.40. The highest BCUT2D eigenvalue weighted by Gasteiger charge is 2.14. The molecule has 1 unspecified atom stereocenters. The molecule has 7 heteroatoms. The van der Waals surface area contributed by atoms with Crippen molar-refractivity contribution in [2.24, 2.45) is 5.84 Å². The number of aromatic nitrogens is 2. The lowest BCUT2D eigenvalue weighted by Crippen LogP contribution is -2.32. The fourth-order valence-electron chi connectivity index (χ4n) is 1.47. The van der Waals surface area contributed by atoms with E-state index in [0.29, 0.717) is 11.2 Å². The van der Waals surface area contributed by atoms with E-state index in [1.54, 1.807) is 0 Å². The number of rotatable bonds is 7. The number of nitrogens with zero attached hydrogens (tertiary/aromatic N) is 3. The molecule has 92 valence electrons. The van der Waals surface area contributed by atoms with E-state index in [-0.39, 0.29) is 0 Å². The summed E-state index contributed by atoms with van der Waals surface area (Å²) in [6.45, 7) is 3.04. The van der Waals surface area contributed by atoms with Gasteiger partial charge in [0, 0.05) is 11.8 Å². The molecule has 0 aliphatic rings. The number of hydrogen-bond acceptors (Lipinski definition) is 7. The van der Waals surface area contributed by atoms with Crippen molar-refractivity contribution in [3.8, 4) is 0 Å². The lowest BCUT2D eigenvalue weighted by Gasteiger charge is -2.25. The van der Waals surface area contributed by atoms with Gasteiger partial charge in [0.2, 0.25) is 5.13 Å². The minimum absolute atomic E-state index is 0.591. The van der Waals surface area contributed by atoms with Crippen LogP contribution in [-0.4, -0.2) is 40.2 Å². The van der Waals surface area contributed by atoms with Gasteiger partial charge in [0.1, 0.15) is 5.01 Å². The third-order valence-electron chi connectivity index (χ3n) is 2.43. The molecule has 16 heavy (non-hydrogen) atoms. The van der Waals surface area contributed by atoms with Gasteiger partial charge in [0.15, 0.2) is 0 Å². The summed E-state index contributed by atoms with van der Waals surface area (Å²) in [7, 11) is 2.13. The largest absolute Gasteiger partial charge is 0.298 e. The summed E-state index contributed by atoms with van der Waals surface area (Å²) in [6, 6.07) is 0.591. The average Bonchev–Trinajstić information content (AvgIpc) is 2.73. The molecule has 1 atom stereocenters. The molecule has 1 heterocycles. The van der Waals surface area contributed by atoms with E-state index in [0.717, 1.165) is 23.7 Å². The van der Waals surface area contributed by atoms with Gasteiger partial charge in [-0.2, -0.15) is 11.8 Å². The molecule has 5 nitrogen and oxygen atoms in total. The molecule has 0 fully saturated rings. The normalized spacial score (nSPS) is 13.1. The second-order valence-electron chi connectivity index (χ2n) is 3.58. The lowest BCUT2D eigenvalue weighted by molar-refractivity contribution is 0.247. The second-order valence-corrected chi connectivity index (χ2v) is 5.55. The van der Waals surface area contributed by atoms with Crippen molar-refractivity contribution in [2.75, 3.05) is 24.5 Å². The molecule has 0 bridgehead atoms. The number of nitrogen functional groups attached to an aromatic ring is 1. The lowest BCUT2D eigenvalue weighted by atomic mass is 10.2. The van der Waals surface area contributed by atoms with E-state index in [1.807, 2.05) is 11.8 Å². The Labute approximate surface area is 105 Å². The zero-order chi connectivity index (χ0) is 12.0. The third kappa shape index (κ3) is 3.89. The Morgan fingerprint density at radius 2 is 2.31 bits per heavy atom. The summed E-state index contributed by atoms with van der Waals surface area (Å²) >= 11 is 3.38. The van der Waals surface area contributed by atoms with Gasteiger partial charge in [-0.05, 0) is 19.7 Å². The molecule has 1 rings (SSSR count). The summed E-state index contributed by atoms with van der Waals surface area (Å²) in [4.78, 5) is 2.32. The predicted molar refractivity (Wildman–Crippen MR) is 71.6 cm³/mol. The monoisotopic (exact) mass is 261 g/mol. The van der Waals surface area contributed by atoms with Crippen LogP contribution < -0.4 is 11.3 Å². The first kappa shape index (κ1) is 13.7. The van der Waals surface area contributed by atoms with Crippen LogP contribution in [-0.2, 0) is 6.54 Å². The zero-order valence-electron chi connectivity index (χ0n) is 9.93. The van der Waals surface area contributed by atoms with E-state index in [4.69, 9.17) is 5.84 Å². The summed E-state index contributed by atoms with van der Waals surface area (Å²) in [5, 5.41) is 9.66. The molecule has 0 amide bonds. The molecular weight excluding hydrogens is 242 g/mol. The number of hydrazine groups is 1. The first-order valence-corrected chi connectivity index (χ1v) is 7.40. The summed E-state index contributed by atoms with van der Waals surface area (Å²) in [5.41, 5.74) is 2.51. The minimum Gasteiger partial charge on any atom is -0.298 e. The van der Waals surface area contributed by atoms with Crippen LogP contribution >= 0.6 is 23.1 Å². The zero-order valence-corrected chi connectivity index (χ0v) is 11.6. The summed E-state index contributed by atoms with van der Waals surface area (Å²) in [5.74, 6) is 6.42. The van der Waals surface area contributed by atoms with Gasteiger partial charge in [0.05, 0.1) is 6.54 Å². The van der Waals surface area contributed by atoms with Crippen LogP contribution in [0.3, 0.4) is 0 Å². The van der Waals surface area contributed by atoms with Crippen molar-refractivity contribution in [3.05, 3.63) is 5.01 Å². The first-order valence-electron chi connectivity index (χ1n) is 5.19. The van der Waals surface area contributed by atoms with E-state index in [1.165, 1.54) is 11.3 Å². The van der Waals surface area contributed by atoms with Gasteiger partial charge < -0.3 is 0 Å². The van der Waals surface area contributed by atoms with Crippen molar-refractivity contribution in [2.45, 2.75) is 25.9 Å². The molecule has 1 aromatic rings. The van der Waals surface area contributed by atoms with Crippen LogP contribution in [0.2, 0.25) is 0 Å². The molecule has 0 aromatic carbocycles. The number of nitrogens with one attached hydrogen (secondary N) is 1. The van der Waals surface area contributed by atoms with E-state index < -0.39 is 0 Å². The van der Waals surface area contributed by atoms with Gasteiger partial charge in [-0.25, -0.2) is 5.84 Å². The minimum atomic E-state index is 0.591. The quantitative estimate of drug-likeness (QED) is 0.571. The maximum atomic E-state index is 5.27. The fourth-order valence-corrected chi connectivity index (χ4v) is 3.06. The van der Waals surface area contributed by atoms with E-state index >= 15 is 0 Å². The SMILES string of the molecule is CCC(CSC)N(C)Cc1nnc(NN)s1. The molecule has 0 saturated heterocycles. The molecule has 0 spiro atoms. The Morgan fingerprint density at radius 1 is 1.56 bits per heavy atom. The van der Waals surface area contributed by atoms with Crippen LogP contribution in [0.4, 0.5) is 5.13 Å². The van der Waals surface area contributed by atoms with Gasteiger partial charge in [0.25, 0.3) is 0 Å². The van der Waals surface area contributed by atoms with E-state index in [2.05, 4.69) is 40.8 Å². The van der Waals surface area contributed by atoms with Gasteiger partial charge in [-0.1, -0.05) is 18.3 Å². The molecule has 1 aromatic heterocycles. The van der Waals surface area contributed by atoms with Gasteiger partial charge in [-0.15, -0.1) is 10.2 Å². The maximum absolute atomic E-state index is 5.27.